The van der Waals surface area contributed by atoms with Crippen LogP contribution in [0.5, 0.6) is 5.75 Å². The molecule has 0 saturated carbocycles. The standard InChI is InChI=1S/C14H15ClN2O3S/c1-17-21(18,19)14-8-12(16)6-7-13(14)20-9-10-2-4-11(15)5-3-10/h2-8,17H,9,16H2,1H3. The van der Waals surface area contributed by atoms with Crippen molar-refractivity contribution in [2.45, 2.75) is 11.5 Å². The number of ether oxygens (including phenoxy) is 1. The summed E-state index contributed by atoms with van der Waals surface area (Å²) in [4.78, 5) is 0.0129. The first-order chi connectivity index (χ1) is 9.92. The zero-order chi connectivity index (χ0) is 15.5. The van der Waals surface area contributed by atoms with E-state index in [9.17, 15) is 8.42 Å². The highest BCUT2D eigenvalue weighted by molar-refractivity contribution is 7.89. The van der Waals surface area contributed by atoms with Crippen LogP contribution in [-0.4, -0.2) is 15.5 Å². The molecular formula is C14H15ClN2O3S. The second-order valence-electron chi connectivity index (χ2n) is 4.33. The minimum absolute atomic E-state index is 0.0129. The van der Waals surface area contributed by atoms with Crippen molar-refractivity contribution in [3.05, 3.63) is 53.1 Å². The van der Waals surface area contributed by atoms with Crippen LogP contribution in [-0.2, 0) is 16.6 Å². The maximum atomic E-state index is 12.0. The van der Waals surface area contributed by atoms with Crippen molar-refractivity contribution < 1.29 is 13.2 Å². The van der Waals surface area contributed by atoms with Crippen molar-refractivity contribution in [2.75, 3.05) is 12.8 Å². The number of anilines is 1. The lowest BCUT2D eigenvalue weighted by molar-refractivity contribution is 0.298. The van der Waals surface area contributed by atoms with Gasteiger partial charge < -0.3 is 10.5 Å². The molecule has 0 amide bonds. The number of nitrogen functional groups attached to an aromatic ring is 1. The molecule has 0 bridgehead atoms. The summed E-state index contributed by atoms with van der Waals surface area (Å²) in [6.07, 6.45) is 0. The summed E-state index contributed by atoms with van der Waals surface area (Å²) in [7, 11) is -2.30. The highest BCUT2D eigenvalue weighted by Gasteiger charge is 2.18. The van der Waals surface area contributed by atoms with Crippen molar-refractivity contribution in [3.63, 3.8) is 0 Å². The smallest absolute Gasteiger partial charge is 0.244 e. The van der Waals surface area contributed by atoms with Crippen LogP contribution in [0.2, 0.25) is 5.02 Å². The Balaban J connectivity index is 2.26. The predicted molar refractivity (Wildman–Crippen MR) is 82.9 cm³/mol. The molecular weight excluding hydrogens is 312 g/mol. The van der Waals surface area contributed by atoms with Gasteiger partial charge in [0.1, 0.15) is 17.3 Å². The molecule has 3 N–H and O–H groups in total. The molecule has 0 heterocycles. The number of nitrogens with two attached hydrogens (primary N) is 1. The van der Waals surface area contributed by atoms with E-state index in [1.807, 2.05) is 12.1 Å². The van der Waals surface area contributed by atoms with Crippen molar-refractivity contribution >= 4 is 27.3 Å². The fourth-order valence-corrected chi connectivity index (χ4v) is 2.73. The van der Waals surface area contributed by atoms with Crippen molar-refractivity contribution in [2.24, 2.45) is 0 Å². The summed E-state index contributed by atoms with van der Waals surface area (Å²) in [6.45, 7) is 0.229. The van der Waals surface area contributed by atoms with E-state index in [-0.39, 0.29) is 17.3 Å². The van der Waals surface area contributed by atoms with E-state index in [0.717, 1.165) is 5.56 Å². The summed E-state index contributed by atoms with van der Waals surface area (Å²) in [5.41, 5.74) is 6.87. The first kappa shape index (κ1) is 15.6. The zero-order valence-corrected chi connectivity index (χ0v) is 12.9. The molecule has 2 rings (SSSR count). The molecule has 0 spiro atoms. The fraction of sp³-hybridized carbons (Fsp3) is 0.143. The molecule has 0 aromatic heterocycles. The van der Waals surface area contributed by atoms with Crippen LogP contribution in [0.4, 0.5) is 5.69 Å². The SMILES string of the molecule is CNS(=O)(=O)c1cc(N)ccc1OCc1ccc(Cl)cc1. The minimum atomic E-state index is -3.64. The molecule has 5 nitrogen and oxygen atoms in total. The average molecular weight is 327 g/mol. The number of benzene rings is 2. The summed E-state index contributed by atoms with van der Waals surface area (Å²) >= 11 is 5.81. The fourth-order valence-electron chi connectivity index (χ4n) is 1.71. The van der Waals surface area contributed by atoms with E-state index in [0.29, 0.717) is 10.7 Å². The molecule has 0 saturated heterocycles. The largest absolute Gasteiger partial charge is 0.487 e. The molecule has 0 radical (unpaired) electrons. The zero-order valence-electron chi connectivity index (χ0n) is 11.3. The van der Waals surface area contributed by atoms with Crippen LogP contribution in [0.25, 0.3) is 0 Å². The topological polar surface area (TPSA) is 81.4 Å². The van der Waals surface area contributed by atoms with E-state index in [2.05, 4.69) is 4.72 Å². The van der Waals surface area contributed by atoms with Crippen LogP contribution in [0.3, 0.4) is 0 Å². The van der Waals surface area contributed by atoms with Crippen molar-refractivity contribution in [3.8, 4) is 5.75 Å². The van der Waals surface area contributed by atoms with E-state index >= 15 is 0 Å². The lowest BCUT2D eigenvalue weighted by Gasteiger charge is -2.12. The van der Waals surface area contributed by atoms with E-state index < -0.39 is 10.0 Å². The Bertz CT molecular complexity index is 730. The number of halogens is 1. The van der Waals surface area contributed by atoms with Gasteiger partial charge in [0, 0.05) is 10.7 Å². The molecule has 0 atom stereocenters. The van der Waals surface area contributed by atoms with Gasteiger partial charge in [-0.3, -0.25) is 0 Å². The van der Waals surface area contributed by atoms with Crippen LogP contribution >= 0.6 is 11.6 Å². The Morgan fingerprint density at radius 2 is 1.86 bits per heavy atom. The Morgan fingerprint density at radius 3 is 2.48 bits per heavy atom. The van der Waals surface area contributed by atoms with Crippen LogP contribution in [0.1, 0.15) is 5.56 Å². The highest BCUT2D eigenvalue weighted by Crippen LogP contribution is 2.26. The van der Waals surface area contributed by atoms with Gasteiger partial charge in [-0.05, 0) is 42.9 Å². The summed E-state index contributed by atoms with van der Waals surface area (Å²) < 4.78 is 31.8. The summed E-state index contributed by atoms with van der Waals surface area (Å²) in [5, 5.41) is 0.629. The third-order valence-electron chi connectivity index (χ3n) is 2.83. The second-order valence-corrected chi connectivity index (χ2v) is 6.62. The van der Waals surface area contributed by atoms with Gasteiger partial charge in [0.2, 0.25) is 10.0 Å². The van der Waals surface area contributed by atoms with Crippen molar-refractivity contribution in [1.82, 2.24) is 4.72 Å². The van der Waals surface area contributed by atoms with Crippen molar-refractivity contribution in [1.29, 1.82) is 0 Å². The number of hydrogen-bond acceptors (Lipinski definition) is 4. The van der Waals surface area contributed by atoms with E-state index in [4.69, 9.17) is 22.1 Å². The highest BCUT2D eigenvalue weighted by atomic mass is 35.5. The number of sulfonamides is 1. The quantitative estimate of drug-likeness (QED) is 0.827. The Labute approximate surface area is 128 Å². The first-order valence-corrected chi connectivity index (χ1v) is 7.99. The third-order valence-corrected chi connectivity index (χ3v) is 4.52. The molecule has 112 valence electrons. The van der Waals surface area contributed by atoms with Gasteiger partial charge in [-0.2, -0.15) is 0 Å². The monoisotopic (exact) mass is 326 g/mol. The minimum Gasteiger partial charge on any atom is -0.487 e. The van der Waals surface area contributed by atoms with Gasteiger partial charge in [0.15, 0.2) is 0 Å². The Morgan fingerprint density at radius 1 is 1.19 bits per heavy atom. The normalized spacial score (nSPS) is 11.3. The maximum absolute atomic E-state index is 12.0. The predicted octanol–water partition coefficient (Wildman–Crippen LogP) is 2.41. The van der Waals surface area contributed by atoms with Gasteiger partial charge in [-0.15, -0.1) is 0 Å². The van der Waals surface area contributed by atoms with Gasteiger partial charge in [-0.1, -0.05) is 23.7 Å². The molecule has 0 fully saturated rings. The van der Waals surface area contributed by atoms with E-state index in [1.54, 1.807) is 18.2 Å². The number of hydrogen-bond donors (Lipinski definition) is 2. The molecule has 0 aliphatic carbocycles. The first-order valence-electron chi connectivity index (χ1n) is 6.12. The molecule has 2 aromatic carbocycles. The average Bonchev–Trinajstić information content (AvgIpc) is 2.47. The molecule has 0 unspecified atom stereocenters. The lowest BCUT2D eigenvalue weighted by Crippen LogP contribution is -2.19. The van der Waals surface area contributed by atoms with Crippen LogP contribution < -0.4 is 15.2 Å². The van der Waals surface area contributed by atoms with Gasteiger partial charge in [0.25, 0.3) is 0 Å². The molecule has 0 aliphatic heterocycles. The molecule has 7 heteroatoms. The van der Waals surface area contributed by atoms with Crippen LogP contribution in [0, 0.1) is 0 Å². The third kappa shape index (κ3) is 3.87. The van der Waals surface area contributed by atoms with E-state index in [1.165, 1.54) is 19.2 Å². The number of rotatable bonds is 5. The van der Waals surface area contributed by atoms with Crippen LogP contribution in [0.15, 0.2) is 47.4 Å². The number of nitrogens with one attached hydrogen (secondary N) is 1. The Hall–Kier alpha value is -1.76. The van der Waals surface area contributed by atoms with Gasteiger partial charge in [0.05, 0.1) is 0 Å². The van der Waals surface area contributed by atoms with Gasteiger partial charge >= 0.3 is 0 Å². The lowest BCUT2D eigenvalue weighted by atomic mass is 10.2. The molecule has 0 aliphatic rings. The second kappa shape index (κ2) is 6.34. The molecule has 2 aromatic rings. The maximum Gasteiger partial charge on any atom is 0.244 e. The summed E-state index contributed by atoms with van der Waals surface area (Å²) in [6, 6.07) is 11.6. The van der Waals surface area contributed by atoms with Gasteiger partial charge in [-0.25, -0.2) is 13.1 Å². The molecule has 21 heavy (non-hydrogen) atoms. The Kier molecular flexibility index (Phi) is 4.72. The summed E-state index contributed by atoms with van der Waals surface area (Å²) in [5.74, 6) is 0.244.